The molecule has 0 bridgehead atoms. The molecule has 2 fully saturated rings. The van der Waals surface area contributed by atoms with Gasteiger partial charge in [0.25, 0.3) is 0 Å². The Morgan fingerprint density at radius 1 is 1.50 bits per heavy atom. The summed E-state index contributed by atoms with van der Waals surface area (Å²) < 4.78 is -0.240. The average molecular weight is 238 g/mol. The molecule has 0 unspecified atom stereocenters. The lowest BCUT2D eigenvalue weighted by Gasteiger charge is -2.36. The highest BCUT2D eigenvalue weighted by Crippen LogP contribution is 2.36. The van der Waals surface area contributed by atoms with Gasteiger partial charge in [0.05, 0.1) is 6.07 Å². The minimum Gasteiger partial charge on any atom is -0.343 e. The summed E-state index contributed by atoms with van der Waals surface area (Å²) in [7, 11) is 0. The molecule has 1 heterocycles. The first-order valence-electron chi connectivity index (χ1n) is 5.93. The summed E-state index contributed by atoms with van der Waals surface area (Å²) in [4.78, 5) is 13.8. The van der Waals surface area contributed by atoms with E-state index in [0.717, 1.165) is 32.4 Å². The molecule has 4 heteroatoms. The molecule has 1 aliphatic heterocycles. The molecule has 0 spiro atoms. The van der Waals surface area contributed by atoms with Crippen LogP contribution in [0.5, 0.6) is 0 Å². The summed E-state index contributed by atoms with van der Waals surface area (Å²) in [6.45, 7) is 1.53. The molecule has 3 nitrogen and oxygen atoms in total. The molecule has 0 aromatic heterocycles. The van der Waals surface area contributed by atoms with Crippen molar-refractivity contribution in [2.45, 2.75) is 36.9 Å². The van der Waals surface area contributed by atoms with Crippen molar-refractivity contribution in [2.24, 2.45) is 5.92 Å². The molecule has 1 saturated heterocycles. The maximum atomic E-state index is 11.9. The molecular formula is C12H18N2OS. The van der Waals surface area contributed by atoms with E-state index in [2.05, 4.69) is 6.07 Å². The van der Waals surface area contributed by atoms with Crippen molar-refractivity contribution in [3.63, 3.8) is 0 Å². The zero-order valence-corrected chi connectivity index (χ0v) is 10.6. The Labute approximate surface area is 101 Å². The van der Waals surface area contributed by atoms with Gasteiger partial charge in [-0.1, -0.05) is 0 Å². The van der Waals surface area contributed by atoms with Gasteiger partial charge >= 0.3 is 0 Å². The summed E-state index contributed by atoms with van der Waals surface area (Å²) in [6, 6.07) is 2.40. The van der Waals surface area contributed by atoms with E-state index in [1.807, 2.05) is 11.2 Å². The van der Waals surface area contributed by atoms with Crippen LogP contribution < -0.4 is 0 Å². The molecule has 2 aliphatic rings. The number of likely N-dealkylation sites (tertiary alicyclic amines) is 1. The third-order valence-corrected chi connectivity index (χ3v) is 4.96. The zero-order valence-electron chi connectivity index (χ0n) is 9.74. The summed E-state index contributed by atoms with van der Waals surface area (Å²) in [5.41, 5.74) is 0. The first-order chi connectivity index (χ1) is 7.69. The van der Waals surface area contributed by atoms with Gasteiger partial charge in [-0.3, -0.25) is 4.79 Å². The van der Waals surface area contributed by atoms with E-state index in [1.54, 1.807) is 11.8 Å². The zero-order chi connectivity index (χ0) is 11.6. The maximum Gasteiger partial charge on any atom is 0.222 e. The highest BCUT2D eigenvalue weighted by atomic mass is 32.2. The summed E-state index contributed by atoms with van der Waals surface area (Å²) >= 11 is 1.63. The number of hydrogen-bond acceptors (Lipinski definition) is 3. The highest BCUT2D eigenvalue weighted by molar-refractivity contribution is 8.00. The van der Waals surface area contributed by atoms with Crippen LogP contribution in [0.15, 0.2) is 0 Å². The second kappa shape index (κ2) is 4.67. The van der Waals surface area contributed by atoms with E-state index in [-0.39, 0.29) is 4.75 Å². The molecule has 0 atom stereocenters. The molecule has 0 radical (unpaired) electrons. The van der Waals surface area contributed by atoms with Crippen molar-refractivity contribution in [1.29, 1.82) is 5.26 Å². The van der Waals surface area contributed by atoms with Crippen LogP contribution in [0.3, 0.4) is 0 Å². The van der Waals surface area contributed by atoms with Crippen LogP contribution in [-0.4, -0.2) is 34.9 Å². The number of carbonyl (C=O) groups is 1. The Hall–Kier alpha value is -0.690. The Balaban J connectivity index is 1.84. The SMILES string of the molecule is CSC1(C#N)CCN(C(=O)CC2CC2)CC1. The number of nitrogens with zero attached hydrogens (tertiary/aromatic N) is 2. The van der Waals surface area contributed by atoms with Gasteiger partial charge in [0.15, 0.2) is 0 Å². The van der Waals surface area contributed by atoms with E-state index in [0.29, 0.717) is 11.8 Å². The minimum atomic E-state index is -0.240. The first-order valence-corrected chi connectivity index (χ1v) is 7.16. The van der Waals surface area contributed by atoms with E-state index in [9.17, 15) is 4.79 Å². The standard InChI is InChI=1S/C12H18N2OS/c1-16-12(9-13)4-6-14(7-5-12)11(15)8-10-2-3-10/h10H,2-8H2,1H3. The number of rotatable bonds is 3. The molecule has 88 valence electrons. The van der Waals surface area contributed by atoms with Crippen molar-refractivity contribution in [1.82, 2.24) is 4.90 Å². The molecule has 0 N–H and O–H groups in total. The highest BCUT2D eigenvalue weighted by Gasteiger charge is 2.36. The molecule has 1 saturated carbocycles. The van der Waals surface area contributed by atoms with Gasteiger partial charge in [0.2, 0.25) is 5.91 Å². The molecule has 1 aliphatic carbocycles. The van der Waals surface area contributed by atoms with Crippen LogP contribution in [-0.2, 0) is 4.79 Å². The smallest absolute Gasteiger partial charge is 0.222 e. The van der Waals surface area contributed by atoms with Gasteiger partial charge in [-0.05, 0) is 37.9 Å². The van der Waals surface area contributed by atoms with E-state index in [1.165, 1.54) is 12.8 Å². The van der Waals surface area contributed by atoms with Crippen LogP contribution in [0.4, 0.5) is 0 Å². The van der Waals surface area contributed by atoms with Crippen molar-refractivity contribution in [3.05, 3.63) is 0 Å². The lowest BCUT2D eigenvalue weighted by atomic mass is 9.97. The largest absolute Gasteiger partial charge is 0.343 e. The van der Waals surface area contributed by atoms with Crippen LogP contribution in [0, 0.1) is 17.2 Å². The van der Waals surface area contributed by atoms with Crippen LogP contribution in [0.1, 0.15) is 32.1 Å². The first kappa shape index (κ1) is 11.8. The van der Waals surface area contributed by atoms with Crippen LogP contribution in [0.2, 0.25) is 0 Å². The van der Waals surface area contributed by atoms with Gasteiger partial charge in [-0.15, -0.1) is 11.8 Å². The van der Waals surface area contributed by atoms with Crippen molar-refractivity contribution in [3.8, 4) is 6.07 Å². The fourth-order valence-electron chi connectivity index (χ4n) is 2.18. The third kappa shape index (κ3) is 2.52. The molecule has 2 rings (SSSR count). The topological polar surface area (TPSA) is 44.1 Å². The Morgan fingerprint density at radius 2 is 2.12 bits per heavy atom. The van der Waals surface area contributed by atoms with Gasteiger partial charge in [-0.2, -0.15) is 5.26 Å². The number of nitriles is 1. The number of hydrogen-bond donors (Lipinski definition) is 0. The second-order valence-electron chi connectivity index (χ2n) is 4.84. The number of amides is 1. The lowest BCUT2D eigenvalue weighted by Crippen LogP contribution is -2.44. The molecule has 0 aromatic carbocycles. The number of carbonyl (C=O) groups excluding carboxylic acids is 1. The fraction of sp³-hybridized carbons (Fsp3) is 0.833. The van der Waals surface area contributed by atoms with Gasteiger partial charge in [-0.25, -0.2) is 0 Å². The lowest BCUT2D eigenvalue weighted by molar-refractivity contribution is -0.132. The Morgan fingerprint density at radius 3 is 2.56 bits per heavy atom. The molecule has 1 amide bonds. The predicted molar refractivity (Wildman–Crippen MR) is 65.0 cm³/mol. The summed E-state index contributed by atoms with van der Waals surface area (Å²) in [5.74, 6) is 0.964. The Kier molecular flexibility index (Phi) is 3.44. The summed E-state index contributed by atoms with van der Waals surface area (Å²) in [6.07, 6.45) is 6.82. The van der Waals surface area contributed by atoms with Crippen molar-refractivity contribution >= 4 is 17.7 Å². The monoisotopic (exact) mass is 238 g/mol. The second-order valence-corrected chi connectivity index (χ2v) is 6.03. The van der Waals surface area contributed by atoms with E-state index < -0.39 is 0 Å². The predicted octanol–water partition coefficient (Wildman–Crippen LogP) is 2.03. The quantitative estimate of drug-likeness (QED) is 0.755. The van der Waals surface area contributed by atoms with Gasteiger partial charge in [0, 0.05) is 19.5 Å². The molecular weight excluding hydrogens is 220 g/mol. The van der Waals surface area contributed by atoms with Crippen LogP contribution in [0.25, 0.3) is 0 Å². The fourth-order valence-corrected chi connectivity index (χ4v) is 2.86. The maximum absolute atomic E-state index is 11.9. The molecule has 0 aromatic rings. The van der Waals surface area contributed by atoms with E-state index in [4.69, 9.17) is 5.26 Å². The minimum absolute atomic E-state index is 0.240. The summed E-state index contributed by atoms with van der Waals surface area (Å²) in [5, 5.41) is 9.15. The average Bonchev–Trinajstić information content (AvgIpc) is 3.13. The third-order valence-electron chi connectivity index (χ3n) is 3.68. The normalized spacial score (nSPS) is 23.9. The van der Waals surface area contributed by atoms with Crippen LogP contribution >= 0.6 is 11.8 Å². The van der Waals surface area contributed by atoms with Gasteiger partial charge in [0.1, 0.15) is 4.75 Å². The number of thioether (sulfide) groups is 1. The van der Waals surface area contributed by atoms with Crippen molar-refractivity contribution in [2.75, 3.05) is 19.3 Å². The van der Waals surface area contributed by atoms with Gasteiger partial charge < -0.3 is 4.90 Å². The Bertz CT molecular complexity index is 311. The number of piperidine rings is 1. The van der Waals surface area contributed by atoms with E-state index >= 15 is 0 Å². The molecule has 16 heavy (non-hydrogen) atoms. The van der Waals surface area contributed by atoms with Crippen molar-refractivity contribution < 1.29 is 4.79 Å².